The number of alkyl halides is 6. The highest BCUT2D eigenvalue weighted by molar-refractivity contribution is 7.90. The molecule has 2 aromatic rings. The van der Waals surface area contributed by atoms with E-state index in [1.807, 2.05) is 0 Å². The van der Waals surface area contributed by atoms with Crippen LogP contribution < -0.4 is 23.7 Å². The van der Waals surface area contributed by atoms with Gasteiger partial charge in [0.15, 0.2) is 11.5 Å². The Bertz CT molecular complexity index is 1380. The lowest BCUT2D eigenvalue weighted by Gasteiger charge is -2.17. The molecule has 1 heterocycles. The van der Waals surface area contributed by atoms with Crippen LogP contribution in [0.2, 0.25) is 0 Å². The lowest BCUT2D eigenvalue weighted by Crippen LogP contribution is -2.36. The van der Waals surface area contributed by atoms with Crippen molar-refractivity contribution in [2.24, 2.45) is 0 Å². The Kier molecular flexibility index (Phi) is 7.76. The van der Waals surface area contributed by atoms with Gasteiger partial charge in [0.05, 0.1) is 19.8 Å². The highest BCUT2D eigenvalue weighted by Crippen LogP contribution is 2.41. The fourth-order valence-corrected chi connectivity index (χ4v) is 3.75. The predicted octanol–water partition coefficient (Wildman–Crippen LogP) is 1.62. The number of anilines is 1. The Hall–Kier alpha value is -3.66. The zero-order chi connectivity index (χ0) is 27.7. The van der Waals surface area contributed by atoms with Crippen molar-refractivity contribution in [3.05, 3.63) is 23.5 Å². The number of urea groups is 1. The number of halogens is 6. The van der Waals surface area contributed by atoms with Crippen LogP contribution in [0, 0.1) is 0 Å². The van der Waals surface area contributed by atoms with Crippen molar-refractivity contribution < 1.29 is 66.2 Å². The minimum absolute atomic E-state index is 0.104. The number of hydrogen-bond donors (Lipinski definition) is 3. The molecule has 0 unspecified atom stereocenters. The molecule has 0 bridgehead atoms. The van der Waals surface area contributed by atoms with Crippen molar-refractivity contribution in [1.82, 2.24) is 19.7 Å². The minimum atomic E-state index is -5.51. The van der Waals surface area contributed by atoms with E-state index in [-0.39, 0.29) is 12.1 Å². The average Bonchev–Trinajstić information content (AvgIpc) is 2.70. The molecule has 22 heteroatoms. The summed E-state index contributed by atoms with van der Waals surface area (Å²) in [5.74, 6) is -5.26. The van der Waals surface area contributed by atoms with E-state index in [4.69, 9.17) is 4.55 Å². The molecule has 0 saturated carbocycles. The first kappa shape index (κ1) is 28.6. The van der Waals surface area contributed by atoms with Gasteiger partial charge in [0.1, 0.15) is 4.90 Å². The van der Waals surface area contributed by atoms with Gasteiger partial charge in [-0.15, -0.1) is 0 Å². The molecule has 1 aromatic heterocycles. The second-order valence-corrected chi connectivity index (χ2v) is 8.71. The van der Waals surface area contributed by atoms with E-state index in [1.165, 1.54) is 5.32 Å². The van der Waals surface area contributed by atoms with Crippen molar-refractivity contribution in [2.75, 3.05) is 19.5 Å². The molecule has 0 spiro atoms. The van der Waals surface area contributed by atoms with E-state index >= 15 is 0 Å². The van der Waals surface area contributed by atoms with Crippen LogP contribution in [0.4, 0.5) is 37.1 Å². The Balaban J connectivity index is 2.49. The van der Waals surface area contributed by atoms with E-state index in [9.17, 15) is 48.0 Å². The average molecular weight is 571 g/mol. The Morgan fingerprint density at radius 3 is 2.00 bits per heavy atom. The fourth-order valence-electron chi connectivity index (χ4n) is 2.26. The number of sulfonamides is 1. The summed E-state index contributed by atoms with van der Waals surface area (Å²) in [7, 11) is -9.26. The largest absolute Gasteiger partial charge is 0.493 e. The standard InChI is InChI=1S/C14H11F6N5O9S2/c1-32-6-4-8(5(13(15,16)17)3-7(6)34-36(29,30)31)35(27,28)25-11(26)23-10-21-9(14(18,19)20)22-12(24-10)33-2/h3-4H,1-2H3,(H,29,30,31)(H2,21,22,23,24,25,26). The molecule has 0 atom stereocenters. The highest BCUT2D eigenvalue weighted by atomic mass is 32.3. The Morgan fingerprint density at radius 1 is 0.917 bits per heavy atom. The molecule has 0 aliphatic rings. The summed E-state index contributed by atoms with van der Waals surface area (Å²) in [5.41, 5.74) is -2.08. The fraction of sp³-hybridized carbons (Fsp3) is 0.286. The molecule has 0 radical (unpaired) electrons. The number of ether oxygens (including phenoxy) is 2. The van der Waals surface area contributed by atoms with Gasteiger partial charge in [-0.25, -0.2) is 17.9 Å². The van der Waals surface area contributed by atoms with E-state index < -0.39 is 78.5 Å². The summed E-state index contributed by atoms with van der Waals surface area (Å²) < 4.78 is 149. The zero-order valence-electron chi connectivity index (χ0n) is 17.3. The van der Waals surface area contributed by atoms with Gasteiger partial charge in [-0.3, -0.25) is 9.87 Å². The first-order valence-corrected chi connectivity index (χ1v) is 11.3. The zero-order valence-corrected chi connectivity index (χ0v) is 18.9. The first-order valence-electron chi connectivity index (χ1n) is 8.44. The number of rotatable bonds is 7. The third-order valence-electron chi connectivity index (χ3n) is 3.56. The number of amides is 2. The van der Waals surface area contributed by atoms with Crippen LogP contribution in [0.25, 0.3) is 0 Å². The van der Waals surface area contributed by atoms with E-state index in [1.54, 1.807) is 0 Å². The van der Waals surface area contributed by atoms with Crippen LogP contribution in [-0.2, 0) is 32.8 Å². The van der Waals surface area contributed by atoms with Crippen LogP contribution in [0.3, 0.4) is 0 Å². The summed E-state index contributed by atoms with van der Waals surface area (Å²) in [6, 6.07) is -2.92. The van der Waals surface area contributed by atoms with Gasteiger partial charge < -0.3 is 13.7 Å². The van der Waals surface area contributed by atoms with E-state index in [2.05, 4.69) is 28.6 Å². The highest BCUT2D eigenvalue weighted by Gasteiger charge is 2.40. The number of benzene rings is 1. The number of hydrogen-bond acceptors (Lipinski definition) is 11. The van der Waals surface area contributed by atoms with Gasteiger partial charge in [0.2, 0.25) is 11.8 Å². The molecular weight excluding hydrogens is 560 g/mol. The van der Waals surface area contributed by atoms with Crippen LogP contribution >= 0.6 is 0 Å². The number of aromatic nitrogens is 3. The van der Waals surface area contributed by atoms with Crippen LogP contribution in [0.5, 0.6) is 17.5 Å². The number of methoxy groups -OCH3 is 2. The summed E-state index contributed by atoms with van der Waals surface area (Å²) in [6.07, 6.45) is -10.7. The number of carbonyl (C=O) groups excluding carboxylic acids is 1. The molecule has 3 N–H and O–H groups in total. The Labute approximate surface area is 196 Å². The normalized spacial score (nSPS) is 12.6. The third kappa shape index (κ3) is 7.17. The van der Waals surface area contributed by atoms with Crippen molar-refractivity contribution >= 4 is 32.4 Å². The second kappa shape index (κ2) is 9.77. The third-order valence-corrected chi connectivity index (χ3v) is 5.32. The van der Waals surface area contributed by atoms with Crippen molar-refractivity contribution in [2.45, 2.75) is 17.2 Å². The van der Waals surface area contributed by atoms with Gasteiger partial charge >= 0.3 is 34.8 Å². The van der Waals surface area contributed by atoms with Gasteiger partial charge in [0.25, 0.3) is 10.0 Å². The monoisotopic (exact) mass is 571 g/mol. The molecule has 0 saturated heterocycles. The number of nitrogens with one attached hydrogen (secondary N) is 2. The molecule has 0 aliphatic carbocycles. The first-order chi connectivity index (χ1) is 16.3. The van der Waals surface area contributed by atoms with Crippen LogP contribution in [-0.4, -0.2) is 56.6 Å². The molecule has 0 fully saturated rings. The van der Waals surface area contributed by atoms with Crippen molar-refractivity contribution in [3.8, 4) is 17.5 Å². The maximum absolute atomic E-state index is 13.5. The quantitative estimate of drug-likeness (QED) is 0.321. The molecule has 200 valence electrons. The maximum atomic E-state index is 13.5. The summed E-state index contributed by atoms with van der Waals surface area (Å²) in [5, 5.41) is 1.46. The SMILES string of the molecule is COc1nc(NC(=O)NS(=O)(=O)c2cc(OC)c(OS(=O)(=O)O)cc2C(F)(F)F)nc(C(F)(F)F)n1. The van der Waals surface area contributed by atoms with Crippen LogP contribution in [0.1, 0.15) is 11.4 Å². The van der Waals surface area contributed by atoms with Gasteiger partial charge in [-0.2, -0.15) is 49.7 Å². The van der Waals surface area contributed by atoms with E-state index in [0.29, 0.717) is 0 Å². The van der Waals surface area contributed by atoms with Crippen molar-refractivity contribution in [1.29, 1.82) is 0 Å². The molecule has 2 amide bonds. The lowest BCUT2D eigenvalue weighted by molar-refractivity contribution is -0.145. The topological polar surface area (TPSA) is 196 Å². The van der Waals surface area contributed by atoms with E-state index in [0.717, 1.165) is 18.9 Å². The molecule has 36 heavy (non-hydrogen) atoms. The van der Waals surface area contributed by atoms with Gasteiger partial charge in [0, 0.05) is 6.07 Å². The summed E-state index contributed by atoms with van der Waals surface area (Å²) in [4.78, 5) is 19.3. The molecule has 0 aliphatic heterocycles. The number of nitrogens with zero attached hydrogens (tertiary/aromatic N) is 3. The van der Waals surface area contributed by atoms with Crippen LogP contribution in [0.15, 0.2) is 17.0 Å². The maximum Gasteiger partial charge on any atom is 0.451 e. The second-order valence-electron chi connectivity index (χ2n) is 6.03. The van der Waals surface area contributed by atoms with Gasteiger partial charge in [-0.1, -0.05) is 0 Å². The minimum Gasteiger partial charge on any atom is -0.493 e. The molecule has 1 aromatic carbocycles. The summed E-state index contributed by atoms with van der Waals surface area (Å²) in [6.45, 7) is 0. The number of carbonyl (C=O) groups is 1. The molecule has 14 nitrogen and oxygen atoms in total. The molecular formula is C14H11F6N5O9S2. The van der Waals surface area contributed by atoms with Gasteiger partial charge in [-0.05, 0) is 6.07 Å². The predicted molar refractivity (Wildman–Crippen MR) is 101 cm³/mol. The smallest absolute Gasteiger partial charge is 0.451 e. The van der Waals surface area contributed by atoms with Crippen molar-refractivity contribution in [3.63, 3.8) is 0 Å². The summed E-state index contributed by atoms with van der Waals surface area (Å²) >= 11 is 0. The molecule has 2 rings (SSSR count). The Morgan fingerprint density at radius 2 is 1.53 bits per heavy atom. The lowest BCUT2D eigenvalue weighted by atomic mass is 10.2.